The first-order valence-electron chi connectivity index (χ1n) is 9.68. The van der Waals surface area contributed by atoms with E-state index in [4.69, 9.17) is 26.6 Å². The van der Waals surface area contributed by atoms with Crippen LogP contribution in [0, 0.1) is 11.8 Å². The van der Waals surface area contributed by atoms with Crippen LogP contribution >= 0.6 is 0 Å². The summed E-state index contributed by atoms with van der Waals surface area (Å²) >= 11 is 0. The number of nitrogens with one attached hydrogen (secondary N) is 2. The second-order valence-corrected chi connectivity index (χ2v) is 12.8. The van der Waals surface area contributed by atoms with Crippen LogP contribution in [0.15, 0.2) is 5.16 Å². The minimum absolute atomic E-state index is 0.0556. The molecule has 2 unspecified atom stereocenters. The highest BCUT2D eigenvalue weighted by molar-refractivity contribution is 6.61. The number of hydrogen-bond donors (Lipinski definition) is 3. The quantitative estimate of drug-likeness (QED) is 0.119. The van der Waals surface area contributed by atoms with E-state index in [0.717, 1.165) is 0 Å². The van der Waals surface area contributed by atoms with Crippen LogP contribution in [0.1, 0.15) is 26.7 Å². The standard InChI is InChI=1S/C17H37N3O9Si2/c1-13(9-15(21)18-11-30(24-3,25-4)26-5)17(20-23)14(2)10-16(22)19-12-31(27-6,28-7)29-8/h13-14,23H,9-12H2,1-8H3,(H,18,21)(H,19,22). The van der Waals surface area contributed by atoms with Gasteiger partial charge in [-0.3, -0.25) is 9.59 Å². The zero-order valence-corrected chi connectivity index (χ0v) is 21.6. The van der Waals surface area contributed by atoms with Crippen LogP contribution in [0.4, 0.5) is 0 Å². The summed E-state index contributed by atoms with van der Waals surface area (Å²) in [7, 11) is 2.85. The first-order chi connectivity index (χ1) is 14.6. The molecule has 31 heavy (non-hydrogen) atoms. The predicted octanol–water partition coefficient (Wildman–Crippen LogP) is -0.0640. The highest BCUT2D eigenvalue weighted by Crippen LogP contribution is 2.16. The maximum absolute atomic E-state index is 12.3. The van der Waals surface area contributed by atoms with Crippen molar-refractivity contribution in [3.63, 3.8) is 0 Å². The number of amides is 2. The van der Waals surface area contributed by atoms with Gasteiger partial charge in [-0.25, -0.2) is 0 Å². The first kappa shape index (κ1) is 29.6. The number of carbonyl (C=O) groups excluding carboxylic acids is 2. The molecule has 2 atom stereocenters. The Morgan fingerprint density at radius 3 is 1.26 bits per heavy atom. The molecule has 14 heteroatoms. The Morgan fingerprint density at radius 2 is 1.03 bits per heavy atom. The Balaban J connectivity index is 4.78. The van der Waals surface area contributed by atoms with E-state index in [1.807, 2.05) is 0 Å². The van der Waals surface area contributed by atoms with Crippen molar-refractivity contribution >= 4 is 35.1 Å². The van der Waals surface area contributed by atoms with Gasteiger partial charge in [0.15, 0.2) is 0 Å². The predicted molar refractivity (Wildman–Crippen MR) is 116 cm³/mol. The maximum atomic E-state index is 12.3. The van der Waals surface area contributed by atoms with E-state index in [0.29, 0.717) is 5.71 Å². The molecule has 0 saturated carbocycles. The van der Waals surface area contributed by atoms with Crippen LogP contribution in [0.5, 0.6) is 0 Å². The van der Waals surface area contributed by atoms with Gasteiger partial charge in [0.25, 0.3) is 0 Å². The largest absolute Gasteiger partial charge is 0.520 e. The van der Waals surface area contributed by atoms with Crippen molar-refractivity contribution in [3.8, 4) is 0 Å². The Kier molecular flexibility index (Phi) is 14.0. The monoisotopic (exact) mass is 483 g/mol. The van der Waals surface area contributed by atoms with Crippen LogP contribution in [0.3, 0.4) is 0 Å². The Bertz CT molecular complexity index is 525. The summed E-state index contributed by atoms with van der Waals surface area (Å²) in [4.78, 5) is 24.6. The van der Waals surface area contributed by atoms with Gasteiger partial charge in [0.1, 0.15) is 0 Å². The smallest absolute Gasteiger partial charge is 0.411 e. The molecule has 0 saturated heterocycles. The van der Waals surface area contributed by atoms with Gasteiger partial charge < -0.3 is 42.4 Å². The first-order valence-corrected chi connectivity index (χ1v) is 13.5. The lowest BCUT2D eigenvalue weighted by atomic mass is 9.89. The normalized spacial score (nSPS) is 13.9. The third kappa shape index (κ3) is 9.32. The Labute approximate surface area is 186 Å². The summed E-state index contributed by atoms with van der Waals surface area (Å²) in [6.45, 7) is 3.49. The molecule has 0 aromatic carbocycles. The van der Waals surface area contributed by atoms with Gasteiger partial charge in [0.05, 0.1) is 18.0 Å². The third-order valence-corrected chi connectivity index (χ3v) is 9.93. The van der Waals surface area contributed by atoms with Crippen molar-refractivity contribution < 1.29 is 41.4 Å². The lowest BCUT2D eigenvalue weighted by Gasteiger charge is -2.25. The Hall–Kier alpha value is -1.40. The average Bonchev–Trinajstić information content (AvgIpc) is 2.77. The van der Waals surface area contributed by atoms with Crippen LogP contribution in [0.2, 0.25) is 0 Å². The van der Waals surface area contributed by atoms with E-state index < -0.39 is 29.4 Å². The van der Waals surface area contributed by atoms with E-state index >= 15 is 0 Å². The van der Waals surface area contributed by atoms with Crippen molar-refractivity contribution in [2.45, 2.75) is 26.7 Å². The fraction of sp³-hybridized carbons (Fsp3) is 0.824. The molecule has 0 aliphatic carbocycles. The molecule has 0 aliphatic rings. The zero-order valence-electron chi connectivity index (χ0n) is 19.6. The molecule has 0 aromatic heterocycles. The van der Waals surface area contributed by atoms with Crippen molar-refractivity contribution in [2.24, 2.45) is 17.0 Å². The summed E-state index contributed by atoms with van der Waals surface area (Å²) in [5.41, 5.74) is 0.341. The lowest BCUT2D eigenvalue weighted by Crippen LogP contribution is -2.53. The van der Waals surface area contributed by atoms with Gasteiger partial charge >= 0.3 is 17.6 Å². The topological polar surface area (TPSA) is 146 Å². The van der Waals surface area contributed by atoms with Gasteiger partial charge in [-0.15, -0.1) is 0 Å². The molecular formula is C17H37N3O9Si2. The fourth-order valence-electron chi connectivity index (χ4n) is 2.94. The van der Waals surface area contributed by atoms with E-state index in [-0.39, 0.29) is 37.0 Å². The van der Waals surface area contributed by atoms with Gasteiger partial charge in [-0.05, 0) is 0 Å². The van der Waals surface area contributed by atoms with Crippen molar-refractivity contribution in [1.82, 2.24) is 10.6 Å². The van der Waals surface area contributed by atoms with Gasteiger partial charge in [-0.1, -0.05) is 19.0 Å². The van der Waals surface area contributed by atoms with E-state index in [1.54, 1.807) is 13.8 Å². The van der Waals surface area contributed by atoms with Crippen molar-refractivity contribution in [1.29, 1.82) is 0 Å². The fourth-order valence-corrected chi connectivity index (χ4v) is 5.63. The average molecular weight is 484 g/mol. The summed E-state index contributed by atoms with van der Waals surface area (Å²) in [5.74, 6) is -1.38. The summed E-state index contributed by atoms with van der Waals surface area (Å²) in [6.07, 6.45) is 0.325. The Morgan fingerprint density at radius 1 is 0.742 bits per heavy atom. The molecule has 0 aliphatic heterocycles. The molecule has 182 valence electrons. The molecule has 3 N–H and O–H groups in total. The second-order valence-electron chi connectivity index (χ2n) is 6.88. The molecular weight excluding hydrogens is 446 g/mol. The SMILES string of the molecule is CO[Si](CNC(=O)CC(C)C(=NO)C(C)CC(=O)NC[Si](OC)(OC)OC)(OC)OC. The summed E-state index contributed by atoms with van der Waals surface area (Å²) in [5, 5.41) is 18.2. The van der Waals surface area contributed by atoms with E-state index in [2.05, 4.69) is 15.8 Å². The minimum atomic E-state index is -2.94. The lowest BCUT2D eigenvalue weighted by molar-refractivity contribution is -0.122. The van der Waals surface area contributed by atoms with E-state index in [1.165, 1.54) is 42.7 Å². The van der Waals surface area contributed by atoms with Crippen LogP contribution in [-0.4, -0.2) is 95.3 Å². The minimum Gasteiger partial charge on any atom is -0.411 e. The van der Waals surface area contributed by atoms with E-state index in [9.17, 15) is 14.8 Å². The molecule has 2 amide bonds. The molecule has 0 spiro atoms. The number of carbonyl (C=O) groups is 2. The van der Waals surface area contributed by atoms with Gasteiger partial charge in [0, 0.05) is 67.3 Å². The van der Waals surface area contributed by atoms with Gasteiger partial charge in [0.2, 0.25) is 11.8 Å². The van der Waals surface area contributed by atoms with Crippen LogP contribution in [-0.2, 0) is 36.1 Å². The molecule has 0 heterocycles. The summed E-state index contributed by atoms with van der Waals surface area (Å²) < 4.78 is 31.6. The molecule has 0 bridgehead atoms. The molecule has 0 fully saturated rings. The molecule has 0 aromatic rings. The molecule has 0 rings (SSSR count). The van der Waals surface area contributed by atoms with Crippen molar-refractivity contribution in [2.75, 3.05) is 55.0 Å². The number of hydrogen-bond acceptors (Lipinski definition) is 10. The molecule has 12 nitrogen and oxygen atoms in total. The third-order valence-electron chi connectivity index (χ3n) is 4.98. The highest BCUT2D eigenvalue weighted by atomic mass is 28.4. The molecule has 0 radical (unpaired) electrons. The number of nitrogens with zero attached hydrogens (tertiary/aromatic N) is 1. The van der Waals surface area contributed by atoms with Crippen LogP contribution in [0.25, 0.3) is 0 Å². The zero-order chi connectivity index (χ0) is 24.1. The second kappa shape index (κ2) is 14.6. The van der Waals surface area contributed by atoms with Crippen LogP contribution < -0.4 is 10.6 Å². The number of oxime groups is 1. The maximum Gasteiger partial charge on any atom is 0.520 e. The van der Waals surface area contributed by atoms with Crippen molar-refractivity contribution in [3.05, 3.63) is 0 Å². The van der Waals surface area contributed by atoms with Gasteiger partial charge in [-0.2, -0.15) is 0 Å². The highest BCUT2D eigenvalue weighted by Gasteiger charge is 2.39. The summed E-state index contributed by atoms with van der Waals surface area (Å²) in [6, 6.07) is 0. The number of rotatable bonds is 16.